The summed E-state index contributed by atoms with van der Waals surface area (Å²) in [5.41, 5.74) is 3.74. The highest BCUT2D eigenvalue weighted by Gasteiger charge is 2.22. The van der Waals surface area contributed by atoms with Crippen LogP contribution >= 0.6 is 0 Å². The van der Waals surface area contributed by atoms with Gasteiger partial charge in [-0.1, -0.05) is 32.8 Å². The summed E-state index contributed by atoms with van der Waals surface area (Å²) in [6.07, 6.45) is 5.33. The predicted octanol–water partition coefficient (Wildman–Crippen LogP) is 3.73. The van der Waals surface area contributed by atoms with E-state index in [9.17, 15) is 0 Å². The zero-order valence-corrected chi connectivity index (χ0v) is 12.8. The zero-order valence-electron chi connectivity index (χ0n) is 12.8. The molecule has 1 aliphatic rings. The molecule has 1 saturated carbocycles. The van der Waals surface area contributed by atoms with Crippen molar-refractivity contribution in [3.05, 3.63) is 29.6 Å². The number of hydrogen-bond acceptors (Lipinski definition) is 2. The van der Waals surface area contributed by atoms with Crippen LogP contribution < -0.4 is 5.32 Å². The van der Waals surface area contributed by atoms with Crippen LogP contribution in [-0.2, 0) is 13.6 Å². The lowest BCUT2D eigenvalue weighted by molar-refractivity contribution is 0.589. The van der Waals surface area contributed by atoms with E-state index in [0.717, 1.165) is 12.1 Å². The molecular formula is C17H25N3. The third-order valence-corrected chi connectivity index (χ3v) is 4.41. The maximum atomic E-state index is 4.92. The van der Waals surface area contributed by atoms with E-state index in [1.165, 1.54) is 42.6 Å². The fraction of sp³-hybridized carbons (Fsp3) is 0.588. The SMILES string of the molecule is CC(C)NCc1ccc2c(c1)nc(C1CCCC1)n2C. The first-order chi connectivity index (χ1) is 9.65. The molecule has 0 aliphatic heterocycles. The lowest BCUT2D eigenvalue weighted by atomic mass is 10.1. The number of hydrogen-bond donors (Lipinski definition) is 1. The van der Waals surface area contributed by atoms with Gasteiger partial charge in [-0.05, 0) is 30.5 Å². The van der Waals surface area contributed by atoms with Crippen molar-refractivity contribution in [1.82, 2.24) is 14.9 Å². The highest BCUT2D eigenvalue weighted by molar-refractivity contribution is 5.77. The summed E-state index contributed by atoms with van der Waals surface area (Å²) in [7, 11) is 2.16. The van der Waals surface area contributed by atoms with Crippen LogP contribution in [0.1, 0.15) is 56.8 Å². The van der Waals surface area contributed by atoms with E-state index in [0.29, 0.717) is 12.0 Å². The van der Waals surface area contributed by atoms with Gasteiger partial charge in [0.2, 0.25) is 0 Å². The van der Waals surface area contributed by atoms with Gasteiger partial charge in [0.15, 0.2) is 0 Å². The van der Waals surface area contributed by atoms with E-state index < -0.39 is 0 Å². The van der Waals surface area contributed by atoms with Gasteiger partial charge in [0.25, 0.3) is 0 Å². The Bertz CT molecular complexity index is 592. The van der Waals surface area contributed by atoms with Crippen LogP contribution in [0.25, 0.3) is 11.0 Å². The van der Waals surface area contributed by atoms with Gasteiger partial charge in [-0.3, -0.25) is 0 Å². The van der Waals surface area contributed by atoms with Crippen molar-refractivity contribution in [3.63, 3.8) is 0 Å². The lowest BCUT2D eigenvalue weighted by Gasteiger charge is -2.09. The molecule has 1 aromatic carbocycles. The Morgan fingerprint density at radius 2 is 2.05 bits per heavy atom. The maximum Gasteiger partial charge on any atom is 0.112 e. The Kier molecular flexibility index (Phi) is 3.79. The van der Waals surface area contributed by atoms with Crippen molar-refractivity contribution in [2.45, 2.75) is 58.0 Å². The van der Waals surface area contributed by atoms with E-state index in [1.54, 1.807) is 0 Å². The van der Waals surface area contributed by atoms with E-state index in [2.05, 4.69) is 49.0 Å². The van der Waals surface area contributed by atoms with E-state index in [1.807, 2.05) is 0 Å². The summed E-state index contributed by atoms with van der Waals surface area (Å²) >= 11 is 0. The maximum absolute atomic E-state index is 4.92. The highest BCUT2D eigenvalue weighted by Crippen LogP contribution is 2.34. The smallest absolute Gasteiger partial charge is 0.112 e. The molecule has 1 aromatic heterocycles. The predicted molar refractivity (Wildman–Crippen MR) is 83.9 cm³/mol. The van der Waals surface area contributed by atoms with E-state index in [4.69, 9.17) is 4.98 Å². The van der Waals surface area contributed by atoms with Crippen LogP contribution in [0, 0.1) is 0 Å². The monoisotopic (exact) mass is 271 g/mol. The van der Waals surface area contributed by atoms with Gasteiger partial charge in [-0.25, -0.2) is 4.98 Å². The summed E-state index contributed by atoms with van der Waals surface area (Å²) < 4.78 is 2.30. The van der Waals surface area contributed by atoms with Crippen LogP contribution in [0.5, 0.6) is 0 Å². The van der Waals surface area contributed by atoms with Crippen molar-refractivity contribution < 1.29 is 0 Å². The van der Waals surface area contributed by atoms with Crippen molar-refractivity contribution >= 4 is 11.0 Å². The lowest BCUT2D eigenvalue weighted by Crippen LogP contribution is -2.21. The first-order valence-corrected chi connectivity index (χ1v) is 7.84. The summed E-state index contributed by atoms with van der Waals surface area (Å²) in [4.78, 5) is 4.92. The van der Waals surface area contributed by atoms with E-state index in [-0.39, 0.29) is 0 Å². The molecule has 3 heteroatoms. The standard InChI is InChI=1S/C17H25N3/c1-12(2)18-11-13-8-9-16-15(10-13)19-17(20(16)3)14-6-4-5-7-14/h8-10,12,14,18H,4-7,11H2,1-3H3. The number of fused-ring (bicyclic) bond motifs is 1. The zero-order chi connectivity index (χ0) is 14.1. The number of aryl methyl sites for hydroxylation is 1. The molecule has 20 heavy (non-hydrogen) atoms. The molecule has 2 aromatic rings. The molecule has 108 valence electrons. The molecule has 0 radical (unpaired) electrons. The number of imidazole rings is 1. The molecule has 0 saturated heterocycles. The molecule has 3 nitrogen and oxygen atoms in total. The second-order valence-electron chi connectivity index (χ2n) is 6.37. The molecule has 1 aliphatic carbocycles. The van der Waals surface area contributed by atoms with Crippen molar-refractivity contribution in [1.29, 1.82) is 0 Å². The molecule has 0 bridgehead atoms. The van der Waals surface area contributed by atoms with E-state index >= 15 is 0 Å². The van der Waals surface area contributed by atoms with Crippen LogP contribution in [0.15, 0.2) is 18.2 Å². The van der Waals surface area contributed by atoms with Crippen molar-refractivity contribution in [2.24, 2.45) is 7.05 Å². The van der Waals surface area contributed by atoms with Crippen LogP contribution in [-0.4, -0.2) is 15.6 Å². The van der Waals surface area contributed by atoms with Gasteiger partial charge in [-0.2, -0.15) is 0 Å². The quantitative estimate of drug-likeness (QED) is 0.918. The summed E-state index contributed by atoms with van der Waals surface area (Å²) in [6.45, 7) is 5.28. The minimum atomic E-state index is 0.517. The van der Waals surface area contributed by atoms with Crippen molar-refractivity contribution in [3.8, 4) is 0 Å². The average molecular weight is 271 g/mol. The number of nitrogens with one attached hydrogen (secondary N) is 1. The first-order valence-electron chi connectivity index (χ1n) is 7.84. The van der Waals surface area contributed by atoms with Gasteiger partial charge < -0.3 is 9.88 Å². The molecule has 1 heterocycles. The largest absolute Gasteiger partial charge is 0.331 e. The van der Waals surface area contributed by atoms with Crippen molar-refractivity contribution in [2.75, 3.05) is 0 Å². The minimum absolute atomic E-state index is 0.517. The molecule has 3 rings (SSSR count). The van der Waals surface area contributed by atoms with Gasteiger partial charge >= 0.3 is 0 Å². The number of nitrogens with zero attached hydrogens (tertiary/aromatic N) is 2. The third-order valence-electron chi connectivity index (χ3n) is 4.41. The summed E-state index contributed by atoms with van der Waals surface area (Å²) in [6, 6.07) is 7.20. The fourth-order valence-corrected chi connectivity index (χ4v) is 3.25. The molecule has 0 amide bonds. The van der Waals surface area contributed by atoms with Gasteiger partial charge in [-0.15, -0.1) is 0 Å². The van der Waals surface area contributed by atoms with Crippen LogP contribution in [0.2, 0.25) is 0 Å². The second-order valence-corrected chi connectivity index (χ2v) is 6.37. The molecule has 1 N–H and O–H groups in total. The first kappa shape index (κ1) is 13.6. The molecular weight excluding hydrogens is 246 g/mol. The number of rotatable bonds is 4. The Balaban J connectivity index is 1.90. The summed E-state index contributed by atoms with van der Waals surface area (Å²) in [5.74, 6) is 1.95. The minimum Gasteiger partial charge on any atom is -0.331 e. The third kappa shape index (κ3) is 2.59. The Morgan fingerprint density at radius 1 is 1.30 bits per heavy atom. The van der Waals surface area contributed by atoms with Gasteiger partial charge in [0.05, 0.1) is 11.0 Å². The second kappa shape index (κ2) is 5.57. The number of aromatic nitrogens is 2. The summed E-state index contributed by atoms with van der Waals surface area (Å²) in [5, 5.41) is 3.47. The topological polar surface area (TPSA) is 29.9 Å². The molecule has 1 fully saturated rings. The fourth-order valence-electron chi connectivity index (χ4n) is 3.25. The molecule has 0 spiro atoms. The Hall–Kier alpha value is -1.35. The van der Waals surface area contributed by atoms with Gasteiger partial charge in [0.1, 0.15) is 5.82 Å². The number of benzene rings is 1. The Labute approximate surface area is 121 Å². The average Bonchev–Trinajstić information content (AvgIpc) is 3.04. The van der Waals surface area contributed by atoms with Gasteiger partial charge in [0, 0.05) is 25.6 Å². The van der Waals surface area contributed by atoms with Crippen LogP contribution in [0.3, 0.4) is 0 Å². The van der Waals surface area contributed by atoms with Crippen LogP contribution in [0.4, 0.5) is 0 Å². The normalized spacial score (nSPS) is 16.6. The Morgan fingerprint density at radius 3 is 2.75 bits per heavy atom. The highest BCUT2D eigenvalue weighted by atomic mass is 15.1. The molecule has 0 atom stereocenters. The molecule has 0 unspecified atom stereocenters.